The number of halogens is 3. The minimum atomic E-state index is -4.50. The molecule has 0 aliphatic heterocycles. The fraction of sp³-hybridized carbons (Fsp3) is 0.692. The average Bonchev–Trinajstić information content (AvgIpc) is 2.85. The van der Waals surface area contributed by atoms with Crippen LogP contribution in [-0.2, 0) is 28.7 Å². The highest BCUT2D eigenvalue weighted by atomic mass is 19.4. The summed E-state index contributed by atoms with van der Waals surface area (Å²) in [7, 11) is 0. The molecule has 112 valence electrons. The van der Waals surface area contributed by atoms with Gasteiger partial charge in [-0.1, -0.05) is 6.92 Å². The number of nitrogens with zero attached hydrogens (tertiary/aromatic N) is 2. The van der Waals surface area contributed by atoms with E-state index in [1.54, 1.807) is 6.92 Å². The molecule has 0 saturated heterocycles. The van der Waals surface area contributed by atoms with E-state index in [0.29, 0.717) is 18.5 Å². The van der Waals surface area contributed by atoms with Crippen LogP contribution in [0.4, 0.5) is 13.2 Å². The van der Waals surface area contributed by atoms with E-state index in [2.05, 4.69) is 5.10 Å². The summed E-state index contributed by atoms with van der Waals surface area (Å²) in [6.45, 7) is 3.18. The summed E-state index contributed by atoms with van der Waals surface area (Å²) in [5.41, 5.74) is -0.0609. The molecule has 1 aromatic rings. The smallest absolute Gasteiger partial charge is 0.433 e. The van der Waals surface area contributed by atoms with Crippen molar-refractivity contribution in [3.8, 4) is 0 Å². The standard InChI is InChI=1S/C13H17F3N2O2/c1-3-8-5-6-9-11(8)17-18(7-10(19)20-4-2)12(9)13(14,15)16/h8H,3-7H2,1-2H3. The largest absolute Gasteiger partial charge is 0.465 e. The quantitative estimate of drug-likeness (QED) is 0.801. The van der Waals surface area contributed by atoms with Crippen LogP contribution in [0.25, 0.3) is 0 Å². The van der Waals surface area contributed by atoms with Gasteiger partial charge in [0, 0.05) is 11.5 Å². The molecule has 0 N–H and O–H groups in total. The number of rotatable bonds is 4. The van der Waals surface area contributed by atoms with E-state index >= 15 is 0 Å². The van der Waals surface area contributed by atoms with E-state index in [9.17, 15) is 18.0 Å². The monoisotopic (exact) mass is 290 g/mol. The van der Waals surface area contributed by atoms with Gasteiger partial charge in [0.1, 0.15) is 12.2 Å². The number of fused-ring (bicyclic) bond motifs is 1. The third-order valence-electron chi connectivity index (χ3n) is 3.56. The Morgan fingerprint density at radius 2 is 2.15 bits per heavy atom. The van der Waals surface area contributed by atoms with Crippen molar-refractivity contribution in [2.24, 2.45) is 0 Å². The minimum Gasteiger partial charge on any atom is -0.465 e. The van der Waals surface area contributed by atoms with Crippen molar-refractivity contribution in [3.63, 3.8) is 0 Å². The Balaban J connectivity index is 2.39. The predicted octanol–water partition coefficient (Wildman–Crippen LogP) is 2.90. The summed E-state index contributed by atoms with van der Waals surface area (Å²) < 4.78 is 45.0. The fourth-order valence-electron chi connectivity index (χ4n) is 2.71. The molecular formula is C13H17F3N2O2. The van der Waals surface area contributed by atoms with Gasteiger partial charge < -0.3 is 4.74 Å². The molecule has 0 radical (unpaired) electrons. The highest BCUT2D eigenvalue weighted by Crippen LogP contribution is 2.42. The second-order valence-corrected chi connectivity index (χ2v) is 4.82. The van der Waals surface area contributed by atoms with E-state index in [1.165, 1.54) is 0 Å². The number of ether oxygens (including phenoxy) is 1. The van der Waals surface area contributed by atoms with Crippen LogP contribution in [0.5, 0.6) is 0 Å². The Hall–Kier alpha value is -1.53. The van der Waals surface area contributed by atoms with Crippen LogP contribution in [0, 0.1) is 0 Å². The Kier molecular flexibility index (Phi) is 4.06. The van der Waals surface area contributed by atoms with Crippen molar-refractivity contribution >= 4 is 5.97 Å². The van der Waals surface area contributed by atoms with Crippen LogP contribution in [-0.4, -0.2) is 22.4 Å². The van der Waals surface area contributed by atoms with E-state index < -0.39 is 24.4 Å². The molecule has 1 aliphatic carbocycles. The third-order valence-corrected chi connectivity index (χ3v) is 3.56. The Labute approximate surface area is 114 Å². The highest BCUT2D eigenvalue weighted by Gasteiger charge is 2.43. The van der Waals surface area contributed by atoms with Crippen molar-refractivity contribution < 1.29 is 22.7 Å². The molecule has 0 amide bonds. The first kappa shape index (κ1) is 14.9. The maximum atomic E-state index is 13.2. The number of hydrogen-bond acceptors (Lipinski definition) is 3. The van der Waals surface area contributed by atoms with Crippen molar-refractivity contribution in [1.82, 2.24) is 9.78 Å². The molecule has 7 heteroatoms. The van der Waals surface area contributed by atoms with E-state index in [-0.39, 0.29) is 18.1 Å². The molecule has 1 aliphatic rings. The summed E-state index contributed by atoms with van der Waals surface area (Å²) in [5.74, 6) is -0.651. The zero-order chi connectivity index (χ0) is 14.9. The van der Waals surface area contributed by atoms with E-state index in [4.69, 9.17) is 4.74 Å². The predicted molar refractivity (Wildman–Crippen MR) is 65.2 cm³/mol. The molecule has 2 rings (SSSR count). The van der Waals surface area contributed by atoms with Gasteiger partial charge in [-0.25, -0.2) is 4.68 Å². The van der Waals surface area contributed by atoms with Gasteiger partial charge in [0.25, 0.3) is 0 Å². The fourth-order valence-corrected chi connectivity index (χ4v) is 2.71. The summed E-state index contributed by atoms with van der Waals surface area (Å²) >= 11 is 0. The molecule has 4 nitrogen and oxygen atoms in total. The summed E-state index contributed by atoms with van der Waals surface area (Å²) in [4.78, 5) is 11.4. The lowest BCUT2D eigenvalue weighted by atomic mass is 10.1. The van der Waals surface area contributed by atoms with Crippen molar-refractivity contribution in [2.45, 2.75) is 51.7 Å². The second kappa shape index (κ2) is 5.46. The van der Waals surface area contributed by atoms with Gasteiger partial charge in [-0.05, 0) is 26.2 Å². The zero-order valence-corrected chi connectivity index (χ0v) is 11.5. The lowest BCUT2D eigenvalue weighted by Crippen LogP contribution is -2.22. The molecular weight excluding hydrogens is 273 g/mol. The third kappa shape index (κ3) is 2.66. The summed E-state index contributed by atoms with van der Waals surface area (Å²) in [6.07, 6.45) is -2.70. The van der Waals surface area contributed by atoms with Gasteiger partial charge >= 0.3 is 12.1 Å². The molecule has 1 unspecified atom stereocenters. The first-order valence-electron chi connectivity index (χ1n) is 6.70. The molecule has 1 atom stereocenters. The molecule has 20 heavy (non-hydrogen) atoms. The molecule has 1 aromatic heterocycles. The highest BCUT2D eigenvalue weighted by molar-refractivity contribution is 5.69. The van der Waals surface area contributed by atoms with E-state index in [1.807, 2.05) is 6.92 Å². The Bertz CT molecular complexity index is 508. The number of hydrogen-bond donors (Lipinski definition) is 0. The maximum Gasteiger partial charge on any atom is 0.433 e. The number of aromatic nitrogens is 2. The van der Waals surface area contributed by atoms with Crippen LogP contribution in [0.2, 0.25) is 0 Å². The van der Waals surface area contributed by atoms with Crippen LogP contribution < -0.4 is 0 Å². The van der Waals surface area contributed by atoms with Crippen molar-refractivity contribution in [3.05, 3.63) is 17.0 Å². The molecule has 0 spiro atoms. The van der Waals surface area contributed by atoms with E-state index in [0.717, 1.165) is 11.1 Å². The van der Waals surface area contributed by atoms with Gasteiger partial charge in [0.15, 0.2) is 0 Å². The van der Waals surface area contributed by atoms with Gasteiger partial charge in [-0.3, -0.25) is 4.79 Å². The zero-order valence-electron chi connectivity index (χ0n) is 11.5. The topological polar surface area (TPSA) is 44.1 Å². The number of esters is 1. The minimum absolute atomic E-state index is 0.0505. The van der Waals surface area contributed by atoms with Gasteiger partial charge in [0.05, 0.1) is 12.3 Å². The lowest BCUT2D eigenvalue weighted by Gasteiger charge is -2.12. The van der Waals surface area contributed by atoms with Crippen LogP contribution in [0.1, 0.15) is 49.6 Å². The first-order chi connectivity index (χ1) is 9.38. The molecule has 0 aromatic carbocycles. The molecule has 1 heterocycles. The van der Waals surface area contributed by atoms with Gasteiger partial charge in [-0.2, -0.15) is 18.3 Å². The first-order valence-corrected chi connectivity index (χ1v) is 6.70. The average molecular weight is 290 g/mol. The molecule has 0 fully saturated rings. The second-order valence-electron chi connectivity index (χ2n) is 4.82. The lowest BCUT2D eigenvalue weighted by molar-refractivity contribution is -0.149. The van der Waals surface area contributed by atoms with Crippen LogP contribution in [0.3, 0.4) is 0 Å². The summed E-state index contributed by atoms with van der Waals surface area (Å²) in [6, 6.07) is 0. The van der Waals surface area contributed by atoms with Gasteiger partial charge in [-0.15, -0.1) is 0 Å². The Morgan fingerprint density at radius 1 is 1.45 bits per heavy atom. The summed E-state index contributed by atoms with van der Waals surface area (Å²) in [5, 5.41) is 4.03. The number of carbonyl (C=O) groups excluding carboxylic acids is 1. The number of carbonyl (C=O) groups is 1. The maximum absolute atomic E-state index is 13.2. The number of alkyl halides is 3. The van der Waals surface area contributed by atoms with Crippen molar-refractivity contribution in [2.75, 3.05) is 6.61 Å². The molecule has 0 bridgehead atoms. The Morgan fingerprint density at radius 3 is 2.70 bits per heavy atom. The van der Waals surface area contributed by atoms with Gasteiger partial charge in [0.2, 0.25) is 0 Å². The van der Waals surface area contributed by atoms with Crippen LogP contribution in [0.15, 0.2) is 0 Å². The SMILES string of the molecule is CCOC(=O)Cn1nc2c(c1C(F)(F)F)CCC2CC. The normalized spacial score (nSPS) is 18.1. The molecule has 0 saturated carbocycles. The van der Waals surface area contributed by atoms with Crippen LogP contribution >= 0.6 is 0 Å². The van der Waals surface area contributed by atoms with Crippen molar-refractivity contribution in [1.29, 1.82) is 0 Å².